The number of phenolic OH excluding ortho intramolecular Hbond substituents is 2. The van der Waals surface area contributed by atoms with Crippen molar-refractivity contribution in [1.29, 1.82) is 0 Å². The monoisotopic (exact) mass is 721 g/mol. The van der Waals surface area contributed by atoms with Crippen molar-refractivity contribution in [3.63, 3.8) is 0 Å². The second kappa shape index (κ2) is 10.4. The Morgan fingerprint density at radius 1 is 1.13 bits per heavy atom. The molecule has 4 unspecified atom stereocenters. The number of aromatic hydroxyl groups is 2. The number of ketones is 3. The molecule has 0 aromatic heterocycles. The molecule has 5 N–H and O–H groups in total. The van der Waals surface area contributed by atoms with Crippen LogP contribution < -0.4 is 4.74 Å². The fraction of sp³-hybridized carbons (Fsp3) is 0.444. The maximum Gasteiger partial charge on any atom is 0.202 e. The summed E-state index contributed by atoms with van der Waals surface area (Å²) in [6, 6.07) is 3.48. The number of methoxy groups -OCH3 is 1. The van der Waals surface area contributed by atoms with Gasteiger partial charge in [-0.25, -0.2) is 0 Å². The van der Waals surface area contributed by atoms with Gasteiger partial charge in [0.2, 0.25) is 5.78 Å². The molecule has 2 aromatic carbocycles. The first-order valence-corrected chi connectivity index (χ1v) is 12.2. The van der Waals surface area contributed by atoms with E-state index in [2.05, 4.69) is 0 Å². The van der Waals surface area contributed by atoms with Crippen LogP contribution in [0, 0.1) is 0 Å². The van der Waals surface area contributed by atoms with Crippen molar-refractivity contribution in [2.75, 3.05) is 7.11 Å². The second-order valence-corrected chi connectivity index (χ2v) is 10.1. The Labute approximate surface area is 238 Å². The van der Waals surface area contributed by atoms with E-state index in [0.717, 1.165) is 0 Å². The van der Waals surface area contributed by atoms with Crippen molar-refractivity contribution >= 4 is 17.3 Å². The van der Waals surface area contributed by atoms with E-state index >= 15 is 0 Å². The van der Waals surface area contributed by atoms with Crippen molar-refractivity contribution in [1.82, 2.24) is 0 Å². The molecule has 0 saturated carbocycles. The third-order valence-electron chi connectivity index (χ3n) is 7.75. The Balaban J connectivity index is 0.00000353. The minimum absolute atomic E-state index is 0. The summed E-state index contributed by atoms with van der Waals surface area (Å²) in [6.45, 7) is 2.74. The average molecular weight is 722 g/mol. The average Bonchev–Trinajstić information content (AvgIpc) is 2.87. The maximum atomic E-state index is 13.6. The predicted octanol–water partition coefficient (Wildman–Crippen LogP) is 2.12. The van der Waals surface area contributed by atoms with Crippen molar-refractivity contribution in [2.24, 2.45) is 0 Å². The molecule has 2 aliphatic carbocycles. The van der Waals surface area contributed by atoms with Crippen LogP contribution in [0.5, 0.6) is 17.2 Å². The van der Waals surface area contributed by atoms with Gasteiger partial charge in [-0.15, -0.1) is 6.04 Å². The molecule has 1 saturated heterocycles. The normalized spacial score (nSPS) is 29.5. The van der Waals surface area contributed by atoms with Gasteiger partial charge in [0.15, 0.2) is 17.9 Å². The van der Waals surface area contributed by atoms with Gasteiger partial charge in [0.25, 0.3) is 0 Å². The smallest absolute Gasteiger partial charge is 0.202 e. The first kappa shape index (κ1) is 29.3. The molecule has 0 bridgehead atoms. The van der Waals surface area contributed by atoms with Gasteiger partial charge in [-0.2, -0.15) is 0 Å². The molecule has 1 fully saturated rings. The number of ether oxygens (including phenoxy) is 3. The third-order valence-corrected chi connectivity index (χ3v) is 7.75. The van der Waals surface area contributed by atoms with E-state index in [-0.39, 0.29) is 61.9 Å². The van der Waals surface area contributed by atoms with Crippen LogP contribution >= 0.6 is 0 Å². The molecule has 2 aromatic rings. The quantitative estimate of drug-likeness (QED) is 0.291. The molecule has 3 aliphatic rings. The number of nitrogens with one attached hydrogen (secondary N) is 1. The molecular formula is C27H28NO10Pt-. The van der Waals surface area contributed by atoms with Gasteiger partial charge in [-0.05, 0) is 26.3 Å². The zero-order chi connectivity index (χ0) is 27.7. The minimum Gasteiger partial charge on any atom is -0.672 e. The van der Waals surface area contributed by atoms with E-state index in [1.54, 1.807) is 6.92 Å². The number of fused-ring (bicyclic) bond motifs is 3. The fourth-order valence-corrected chi connectivity index (χ4v) is 5.62. The molecule has 6 atom stereocenters. The number of rotatable bonds is 4. The molecule has 0 amide bonds. The van der Waals surface area contributed by atoms with E-state index in [9.17, 15) is 34.8 Å². The first-order chi connectivity index (χ1) is 17.9. The van der Waals surface area contributed by atoms with Gasteiger partial charge in [-0.3, -0.25) is 14.4 Å². The van der Waals surface area contributed by atoms with Crippen LogP contribution in [0.25, 0.3) is 5.73 Å². The number of phenols is 2. The van der Waals surface area contributed by atoms with Gasteiger partial charge in [0.05, 0.1) is 42.1 Å². The van der Waals surface area contributed by atoms with Crippen LogP contribution in [0.1, 0.15) is 75.8 Å². The van der Waals surface area contributed by atoms with Gasteiger partial charge in [0.1, 0.15) is 22.8 Å². The summed E-state index contributed by atoms with van der Waals surface area (Å²) in [5.41, 5.74) is 4.98. The maximum absolute atomic E-state index is 13.6. The Morgan fingerprint density at radius 3 is 2.41 bits per heavy atom. The number of Topliss-reactive ketones (excluding diaryl/α,β-unsaturated/α-hetero) is 1. The second-order valence-electron chi connectivity index (χ2n) is 10.1. The van der Waals surface area contributed by atoms with E-state index in [1.807, 2.05) is 0 Å². The molecule has 0 radical (unpaired) electrons. The van der Waals surface area contributed by atoms with Gasteiger partial charge >= 0.3 is 0 Å². The molecule has 11 nitrogen and oxygen atoms in total. The Kier molecular flexibility index (Phi) is 7.81. The molecule has 1 aliphatic heterocycles. The zero-order valence-electron chi connectivity index (χ0n) is 21.3. The third kappa shape index (κ3) is 4.51. The van der Waals surface area contributed by atoms with Crippen molar-refractivity contribution in [3.8, 4) is 17.2 Å². The minimum atomic E-state index is -2.02. The molecule has 0 spiro atoms. The summed E-state index contributed by atoms with van der Waals surface area (Å²) in [4.78, 5) is 39.6. The number of aliphatic hydroxyl groups excluding tert-OH is 1. The summed E-state index contributed by atoms with van der Waals surface area (Å²) in [5.74, 6) is -3.24. The Bertz CT molecular complexity index is 1370. The topological polar surface area (TPSA) is 184 Å². The van der Waals surface area contributed by atoms with Crippen LogP contribution in [0.15, 0.2) is 18.2 Å². The van der Waals surface area contributed by atoms with Crippen molar-refractivity contribution in [2.45, 2.75) is 69.4 Å². The van der Waals surface area contributed by atoms with Crippen LogP contribution in [-0.2, 0) is 41.8 Å². The Morgan fingerprint density at radius 2 is 1.79 bits per heavy atom. The van der Waals surface area contributed by atoms with E-state index in [0.29, 0.717) is 0 Å². The van der Waals surface area contributed by atoms with Gasteiger partial charge in [-0.1, -0.05) is 12.1 Å². The zero-order valence-corrected chi connectivity index (χ0v) is 23.6. The molecule has 12 heteroatoms. The van der Waals surface area contributed by atoms with Crippen LogP contribution in [0.3, 0.4) is 0 Å². The number of hydrogen-bond donors (Lipinski definition) is 4. The van der Waals surface area contributed by atoms with Crippen LogP contribution in [0.4, 0.5) is 0 Å². The summed E-state index contributed by atoms with van der Waals surface area (Å²) in [6.07, 6.45) is -4.94. The summed E-state index contributed by atoms with van der Waals surface area (Å²) in [7, 11) is 1.33. The van der Waals surface area contributed by atoms with E-state index in [1.165, 1.54) is 32.2 Å². The van der Waals surface area contributed by atoms with E-state index < -0.39 is 82.6 Å². The van der Waals surface area contributed by atoms with Gasteiger partial charge in [0, 0.05) is 50.6 Å². The van der Waals surface area contributed by atoms with Gasteiger partial charge < -0.3 is 40.4 Å². The van der Waals surface area contributed by atoms with Crippen molar-refractivity contribution < 1.29 is 70.1 Å². The molecule has 1 heterocycles. The fourth-order valence-electron chi connectivity index (χ4n) is 5.62. The number of hydrogen-bond acceptors (Lipinski definition) is 10. The number of aliphatic hydroxyl groups is 2. The SMILES string of the molecule is COc1cccc2c1C(=O)c1c(O)c3c(c(O)c1C2=O)C[C@@](O)(C(C)=O)C[C@@H]3OC1CC([NH-])C(O)C(C)O1.[Pt]. The first-order valence-electron chi connectivity index (χ1n) is 12.2. The van der Waals surface area contributed by atoms with Crippen molar-refractivity contribution in [3.05, 3.63) is 57.3 Å². The number of carbonyl (C=O) groups excluding carboxylic acids is 3. The Hall–Kier alpha value is -2.66. The predicted molar refractivity (Wildman–Crippen MR) is 130 cm³/mol. The molecular weight excluding hydrogens is 693 g/mol. The summed E-state index contributed by atoms with van der Waals surface area (Å²) < 4.78 is 17.0. The summed E-state index contributed by atoms with van der Waals surface area (Å²) >= 11 is 0. The van der Waals surface area contributed by atoms with E-state index in [4.69, 9.17) is 19.9 Å². The summed E-state index contributed by atoms with van der Waals surface area (Å²) in [5, 5.41) is 44.0. The van der Waals surface area contributed by atoms with Crippen LogP contribution in [0.2, 0.25) is 0 Å². The molecule has 39 heavy (non-hydrogen) atoms. The molecule has 212 valence electrons. The number of benzene rings is 2. The number of carbonyl (C=O) groups is 3. The van der Waals surface area contributed by atoms with Crippen LogP contribution in [-0.4, -0.2) is 75.0 Å². The standard InChI is InChI=1S/C27H28NO10.Pt/c1-10-22(30)14(28)7-17(37-10)38-16-9-27(35,11(2)29)8-13-19(16)26(34)21-20(24(13)32)23(31)12-5-4-6-15(36-3)18(12)25(21)33;/h4-6,10,14,16-17,22,28,30,32,34-35H,7-9H2,1-3H3;/q-1;/t10?,14?,16-,17?,22?,27-;/m0./s1. The largest absolute Gasteiger partial charge is 0.672 e. The molecule has 5 rings (SSSR count).